The zero-order valence-electron chi connectivity index (χ0n) is 19.9. The van der Waals surface area contributed by atoms with Gasteiger partial charge in [-0.25, -0.2) is 4.98 Å². The lowest BCUT2D eigenvalue weighted by molar-refractivity contribution is 1.31. The second-order valence-corrected chi connectivity index (χ2v) is 9.65. The maximum atomic E-state index is 6.24. The Bertz CT molecular complexity index is 1920. The average molecular weight is 493 g/mol. The lowest BCUT2D eigenvalue weighted by Crippen LogP contribution is -1.92. The SMILES string of the molecule is Clc1cccc(-c2cccc(-c3cccc(-c4cnc5c6ccccc6c6ccccc6c5n4)c3)c2)c1. The molecule has 1 aromatic heterocycles. The quantitative estimate of drug-likeness (QED) is 0.229. The highest BCUT2D eigenvalue weighted by Crippen LogP contribution is 2.35. The van der Waals surface area contributed by atoms with Crippen LogP contribution in [-0.4, -0.2) is 9.97 Å². The van der Waals surface area contributed by atoms with Gasteiger partial charge < -0.3 is 0 Å². The fourth-order valence-electron chi connectivity index (χ4n) is 5.17. The highest BCUT2D eigenvalue weighted by atomic mass is 35.5. The van der Waals surface area contributed by atoms with Gasteiger partial charge in [0.15, 0.2) is 0 Å². The summed E-state index contributed by atoms with van der Waals surface area (Å²) in [5, 5.41) is 5.38. The van der Waals surface area contributed by atoms with Gasteiger partial charge in [0.1, 0.15) is 0 Å². The molecule has 0 aliphatic carbocycles. The topological polar surface area (TPSA) is 25.8 Å². The first-order valence-electron chi connectivity index (χ1n) is 12.3. The molecule has 2 nitrogen and oxygen atoms in total. The summed E-state index contributed by atoms with van der Waals surface area (Å²) < 4.78 is 0. The molecule has 3 heteroatoms. The van der Waals surface area contributed by atoms with E-state index < -0.39 is 0 Å². The Hall–Kier alpha value is -4.53. The van der Waals surface area contributed by atoms with Crippen molar-refractivity contribution in [1.29, 1.82) is 0 Å². The molecule has 0 aliphatic heterocycles. The normalized spacial score (nSPS) is 11.4. The van der Waals surface area contributed by atoms with Crippen molar-refractivity contribution in [3.05, 3.63) is 133 Å². The van der Waals surface area contributed by atoms with Crippen molar-refractivity contribution in [3.63, 3.8) is 0 Å². The van der Waals surface area contributed by atoms with Gasteiger partial charge in [0.2, 0.25) is 0 Å². The number of rotatable bonds is 3. The molecule has 174 valence electrons. The van der Waals surface area contributed by atoms with Gasteiger partial charge >= 0.3 is 0 Å². The Kier molecular flexibility index (Phi) is 5.20. The molecule has 0 aliphatic rings. The summed E-state index contributed by atoms with van der Waals surface area (Å²) in [7, 11) is 0. The van der Waals surface area contributed by atoms with Crippen molar-refractivity contribution < 1.29 is 0 Å². The van der Waals surface area contributed by atoms with Crippen LogP contribution in [0.4, 0.5) is 0 Å². The molecule has 7 rings (SSSR count). The van der Waals surface area contributed by atoms with Crippen molar-refractivity contribution in [1.82, 2.24) is 9.97 Å². The van der Waals surface area contributed by atoms with Gasteiger partial charge in [-0.2, -0.15) is 0 Å². The number of fused-ring (bicyclic) bond motifs is 6. The summed E-state index contributed by atoms with van der Waals surface area (Å²) in [6.07, 6.45) is 1.89. The Labute approximate surface area is 219 Å². The summed E-state index contributed by atoms with van der Waals surface area (Å²) in [6.45, 7) is 0. The van der Waals surface area contributed by atoms with E-state index in [0.29, 0.717) is 0 Å². The minimum atomic E-state index is 0.736. The molecule has 37 heavy (non-hydrogen) atoms. The summed E-state index contributed by atoms with van der Waals surface area (Å²) in [4.78, 5) is 10.1. The highest BCUT2D eigenvalue weighted by Gasteiger charge is 2.12. The third kappa shape index (κ3) is 3.83. The Morgan fingerprint density at radius 1 is 0.432 bits per heavy atom. The molecule has 1 heterocycles. The maximum Gasteiger partial charge on any atom is 0.0979 e. The van der Waals surface area contributed by atoms with Gasteiger partial charge in [-0.3, -0.25) is 4.98 Å². The predicted octanol–water partition coefficient (Wildman–Crippen LogP) is 9.59. The summed E-state index contributed by atoms with van der Waals surface area (Å²) in [6, 6.07) is 41.9. The zero-order valence-corrected chi connectivity index (χ0v) is 20.7. The van der Waals surface area contributed by atoms with Gasteiger partial charge in [0, 0.05) is 21.4 Å². The van der Waals surface area contributed by atoms with E-state index in [4.69, 9.17) is 21.6 Å². The van der Waals surface area contributed by atoms with Crippen molar-refractivity contribution >= 4 is 44.2 Å². The third-order valence-corrected chi connectivity index (χ3v) is 7.17. The van der Waals surface area contributed by atoms with Crippen LogP contribution in [0.1, 0.15) is 0 Å². The summed E-state index contributed by atoms with van der Waals surface area (Å²) in [5.41, 5.74) is 8.28. The van der Waals surface area contributed by atoms with Gasteiger partial charge in [0.25, 0.3) is 0 Å². The molecule has 0 fully saturated rings. The van der Waals surface area contributed by atoms with Gasteiger partial charge in [-0.05, 0) is 57.3 Å². The van der Waals surface area contributed by atoms with Crippen LogP contribution < -0.4 is 0 Å². The molecule has 0 saturated heterocycles. The van der Waals surface area contributed by atoms with E-state index in [2.05, 4.69) is 103 Å². The summed E-state index contributed by atoms with van der Waals surface area (Å²) >= 11 is 6.24. The fraction of sp³-hybridized carbons (Fsp3) is 0. The minimum absolute atomic E-state index is 0.736. The van der Waals surface area contributed by atoms with E-state index in [1.807, 2.05) is 24.4 Å². The first kappa shape index (κ1) is 21.7. The standard InChI is InChI=1S/C34H21ClN2/c35-27-13-7-11-25(20-27)23-9-5-8-22(18-23)24-10-6-12-26(19-24)32-21-36-33-30-16-3-1-14-28(30)29-15-2-4-17-31(29)34(33)37-32/h1-21H. The van der Waals surface area contributed by atoms with Crippen LogP contribution in [0, 0.1) is 0 Å². The highest BCUT2D eigenvalue weighted by molar-refractivity contribution is 6.30. The summed E-state index contributed by atoms with van der Waals surface area (Å²) in [5.74, 6) is 0. The molecule has 0 amide bonds. The van der Waals surface area contributed by atoms with Crippen LogP contribution >= 0.6 is 11.6 Å². The molecule has 0 radical (unpaired) electrons. The minimum Gasteiger partial charge on any atom is -0.252 e. The first-order chi connectivity index (χ1) is 18.2. The smallest absolute Gasteiger partial charge is 0.0979 e. The van der Waals surface area contributed by atoms with Crippen LogP contribution in [0.5, 0.6) is 0 Å². The van der Waals surface area contributed by atoms with E-state index in [1.165, 1.54) is 10.8 Å². The number of nitrogens with zero attached hydrogens (tertiary/aromatic N) is 2. The molecular formula is C34H21ClN2. The fourth-order valence-corrected chi connectivity index (χ4v) is 5.36. The maximum absolute atomic E-state index is 6.24. The lowest BCUT2D eigenvalue weighted by atomic mass is 9.97. The Morgan fingerprint density at radius 3 is 1.54 bits per heavy atom. The zero-order chi connectivity index (χ0) is 24.8. The van der Waals surface area contributed by atoms with Crippen molar-refractivity contribution in [3.8, 4) is 33.5 Å². The van der Waals surface area contributed by atoms with Crippen molar-refractivity contribution in [2.75, 3.05) is 0 Å². The van der Waals surface area contributed by atoms with Crippen LogP contribution in [0.3, 0.4) is 0 Å². The molecular weight excluding hydrogens is 472 g/mol. The predicted molar refractivity (Wildman–Crippen MR) is 156 cm³/mol. The van der Waals surface area contributed by atoms with Gasteiger partial charge in [-0.1, -0.05) is 109 Å². The molecule has 0 bridgehead atoms. The first-order valence-corrected chi connectivity index (χ1v) is 12.7. The van der Waals surface area contributed by atoms with Crippen LogP contribution in [-0.2, 0) is 0 Å². The van der Waals surface area contributed by atoms with Crippen molar-refractivity contribution in [2.45, 2.75) is 0 Å². The number of hydrogen-bond acceptors (Lipinski definition) is 2. The van der Waals surface area contributed by atoms with Crippen LogP contribution in [0.15, 0.2) is 128 Å². The number of aromatic nitrogens is 2. The van der Waals surface area contributed by atoms with E-state index in [0.717, 1.165) is 60.3 Å². The molecule has 0 N–H and O–H groups in total. The second kappa shape index (κ2) is 8.85. The van der Waals surface area contributed by atoms with E-state index >= 15 is 0 Å². The lowest BCUT2D eigenvalue weighted by Gasteiger charge is -2.11. The van der Waals surface area contributed by atoms with Gasteiger partial charge in [-0.15, -0.1) is 0 Å². The molecule has 0 spiro atoms. The molecule has 0 saturated carbocycles. The largest absolute Gasteiger partial charge is 0.252 e. The molecule has 0 atom stereocenters. The average Bonchev–Trinajstić information content (AvgIpc) is 2.97. The van der Waals surface area contributed by atoms with E-state index in [-0.39, 0.29) is 0 Å². The third-order valence-electron chi connectivity index (χ3n) is 6.94. The molecule has 6 aromatic carbocycles. The van der Waals surface area contributed by atoms with Crippen LogP contribution in [0.25, 0.3) is 66.1 Å². The second-order valence-electron chi connectivity index (χ2n) is 9.22. The number of benzene rings is 6. The molecule has 0 unspecified atom stereocenters. The molecule has 7 aromatic rings. The Morgan fingerprint density at radius 2 is 0.919 bits per heavy atom. The number of halogens is 1. The number of hydrogen-bond donors (Lipinski definition) is 0. The van der Waals surface area contributed by atoms with Crippen LogP contribution in [0.2, 0.25) is 5.02 Å². The van der Waals surface area contributed by atoms with E-state index in [1.54, 1.807) is 0 Å². The van der Waals surface area contributed by atoms with Gasteiger partial charge in [0.05, 0.1) is 22.9 Å². The van der Waals surface area contributed by atoms with E-state index in [9.17, 15) is 0 Å². The van der Waals surface area contributed by atoms with Crippen molar-refractivity contribution in [2.24, 2.45) is 0 Å². The Balaban J connectivity index is 1.36. The monoisotopic (exact) mass is 492 g/mol.